The molecule has 3 heteroatoms. The molecule has 1 aromatic heterocycles. The molecule has 3 unspecified atom stereocenters. The molecule has 104 valence electrons. The van der Waals surface area contributed by atoms with Crippen molar-refractivity contribution in [3.05, 3.63) is 24.0 Å². The number of aromatic nitrogens is 1. The van der Waals surface area contributed by atoms with Crippen LogP contribution in [-0.2, 0) is 6.54 Å². The van der Waals surface area contributed by atoms with Crippen LogP contribution in [0.1, 0.15) is 45.7 Å². The summed E-state index contributed by atoms with van der Waals surface area (Å²) in [5.41, 5.74) is 7.22. The SMILES string of the molecule is CC1(C)C2CCC1(C)C(Oc1ccnc(CN)c1)C2. The van der Waals surface area contributed by atoms with Crippen LogP contribution in [0.5, 0.6) is 5.75 Å². The maximum atomic E-state index is 6.29. The van der Waals surface area contributed by atoms with Crippen LogP contribution in [0.3, 0.4) is 0 Å². The Morgan fingerprint density at radius 1 is 1.42 bits per heavy atom. The first-order valence-corrected chi connectivity index (χ1v) is 7.29. The van der Waals surface area contributed by atoms with E-state index >= 15 is 0 Å². The summed E-state index contributed by atoms with van der Waals surface area (Å²) in [7, 11) is 0. The Morgan fingerprint density at radius 3 is 2.79 bits per heavy atom. The molecule has 2 N–H and O–H groups in total. The molecule has 0 aliphatic heterocycles. The van der Waals surface area contributed by atoms with Crippen LogP contribution in [0.2, 0.25) is 0 Å². The lowest BCUT2D eigenvalue weighted by molar-refractivity contribution is 0.0301. The predicted molar refractivity (Wildman–Crippen MR) is 75.8 cm³/mol. The highest BCUT2D eigenvalue weighted by atomic mass is 16.5. The maximum Gasteiger partial charge on any atom is 0.123 e. The molecule has 1 heterocycles. The third kappa shape index (κ3) is 1.78. The van der Waals surface area contributed by atoms with E-state index in [0.717, 1.165) is 17.4 Å². The summed E-state index contributed by atoms with van der Waals surface area (Å²) in [5, 5.41) is 0. The van der Waals surface area contributed by atoms with E-state index in [0.29, 0.717) is 23.5 Å². The lowest BCUT2D eigenvalue weighted by Crippen LogP contribution is -2.38. The normalized spacial score (nSPS) is 35.6. The molecular formula is C16H24N2O. The molecule has 0 spiro atoms. The smallest absolute Gasteiger partial charge is 0.123 e. The zero-order valence-corrected chi connectivity index (χ0v) is 12.1. The number of rotatable bonds is 3. The van der Waals surface area contributed by atoms with Gasteiger partial charge in [0.05, 0.1) is 5.69 Å². The third-order valence-corrected chi connectivity index (χ3v) is 5.99. The molecule has 0 saturated heterocycles. The first-order chi connectivity index (χ1) is 8.97. The summed E-state index contributed by atoms with van der Waals surface area (Å²) in [6.07, 6.45) is 5.94. The first kappa shape index (κ1) is 12.9. The molecule has 3 atom stereocenters. The number of hydrogen-bond acceptors (Lipinski definition) is 3. The largest absolute Gasteiger partial charge is 0.490 e. The molecule has 0 amide bonds. The number of nitrogens with zero attached hydrogens (tertiary/aromatic N) is 1. The lowest BCUT2D eigenvalue weighted by Gasteiger charge is -2.38. The van der Waals surface area contributed by atoms with E-state index in [-0.39, 0.29) is 0 Å². The number of fused-ring (bicyclic) bond motifs is 2. The van der Waals surface area contributed by atoms with Crippen molar-refractivity contribution in [2.45, 2.75) is 52.7 Å². The Balaban J connectivity index is 1.82. The topological polar surface area (TPSA) is 48.1 Å². The van der Waals surface area contributed by atoms with Gasteiger partial charge >= 0.3 is 0 Å². The van der Waals surface area contributed by atoms with E-state index < -0.39 is 0 Å². The van der Waals surface area contributed by atoms with Gasteiger partial charge in [0.1, 0.15) is 11.9 Å². The van der Waals surface area contributed by atoms with Gasteiger partial charge in [-0.3, -0.25) is 4.98 Å². The van der Waals surface area contributed by atoms with Crippen LogP contribution in [0.15, 0.2) is 18.3 Å². The predicted octanol–water partition coefficient (Wildman–Crippen LogP) is 3.13. The molecule has 2 aliphatic rings. The number of pyridine rings is 1. The summed E-state index contributed by atoms with van der Waals surface area (Å²) < 4.78 is 6.29. The fraction of sp³-hybridized carbons (Fsp3) is 0.688. The lowest BCUT2D eigenvalue weighted by atomic mass is 9.70. The van der Waals surface area contributed by atoms with E-state index in [1.165, 1.54) is 19.3 Å². The van der Waals surface area contributed by atoms with E-state index in [4.69, 9.17) is 10.5 Å². The van der Waals surface area contributed by atoms with Gasteiger partial charge in [0.2, 0.25) is 0 Å². The van der Waals surface area contributed by atoms with E-state index in [1.807, 2.05) is 12.1 Å². The Morgan fingerprint density at radius 2 is 2.21 bits per heavy atom. The molecule has 3 rings (SSSR count). The second-order valence-corrected chi connectivity index (χ2v) is 6.90. The molecule has 19 heavy (non-hydrogen) atoms. The van der Waals surface area contributed by atoms with Gasteiger partial charge in [0.15, 0.2) is 0 Å². The van der Waals surface area contributed by atoms with Crippen molar-refractivity contribution in [3.63, 3.8) is 0 Å². The highest BCUT2D eigenvalue weighted by Crippen LogP contribution is 2.66. The maximum absolute atomic E-state index is 6.29. The van der Waals surface area contributed by atoms with Gasteiger partial charge in [0, 0.05) is 24.2 Å². The Bertz CT molecular complexity index is 485. The second-order valence-electron chi connectivity index (χ2n) is 6.90. The molecule has 2 bridgehead atoms. The molecule has 2 saturated carbocycles. The van der Waals surface area contributed by atoms with E-state index in [1.54, 1.807) is 6.20 Å². The molecule has 3 nitrogen and oxygen atoms in total. The molecule has 1 aromatic rings. The monoisotopic (exact) mass is 260 g/mol. The average Bonchev–Trinajstić information content (AvgIpc) is 2.72. The van der Waals surface area contributed by atoms with E-state index in [9.17, 15) is 0 Å². The van der Waals surface area contributed by atoms with Gasteiger partial charge in [-0.1, -0.05) is 20.8 Å². The number of hydrogen-bond donors (Lipinski definition) is 1. The summed E-state index contributed by atoms with van der Waals surface area (Å²) >= 11 is 0. The van der Waals surface area contributed by atoms with Crippen molar-refractivity contribution < 1.29 is 4.74 Å². The van der Waals surface area contributed by atoms with Crippen molar-refractivity contribution in [1.82, 2.24) is 4.98 Å². The fourth-order valence-corrected chi connectivity index (χ4v) is 4.11. The molecule has 2 aliphatic carbocycles. The van der Waals surface area contributed by atoms with Crippen LogP contribution >= 0.6 is 0 Å². The van der Waals surface area contributed by atoms with Crippen molar-refractivity contribution >= 4 is 0 Å². The number of nitrogens with two attached hydrogens (primary N) is 1. The minimum atomic E-state index is 0.295. The minimum absolute atomic E-state index is 0.295. The van der Waals surface area contributed by atoms with Gasteiger partial charge < -0.3 is 10.5 Å². The van der Waals surface area contributed by atoms with Crippen molar-refractivity contribution in [3.8, 4) is 5.75 Å². The first-order valence-electron chi connectivity index (χ1n) is 7.29. The quantitative estimate of drug-likeness (QED) is 0.908. The highest BCUT2D eigenvalue weighted by Gasteiger charge is 2.62. The van der Waals surface area contributed by atoms with Gasteiger partial charge in [-0.25, -0.2) is 0 Å². The van der Waals surface area contributed by atoms with Crippen LogP contribution in [-0.4, -0.2) is 11.1 Å². The van der Waals surface area contributed by atoms with Crippen molar-refractivity contribution in [1.29, 1.82) is 0 Å². The van der Waals surface area contributed by atoms with Gasteiger partial charge in [-0.15, -0.1) is 0 Å². The standard InChI is InChI=1S/C16H24N2O/c1-15(2)11-4-6-16(15,3)14(8-11)19-13-5-7-18-12(9-13)10-17/h5,7,9,11,14H,4,6,8,10,17H2,1-3H3. The molecule has 2 fully saturated rings. The number of ether oxygens (including phenoxy) is 1. The molecule has 0 aromatic carbocycles. The Kier molecular flexibility index (Phi) is 2.86. The van der Waals surface area contributed by atoms with Crippen molar-refractivity contribution in [2.75, 3.05) is 0 Å². The zero-order valence-electron chi connectivity index (χ0n) is 12.1. The van der Waals surface area contributed by atoms with Gasteiger partial charge in [-0.05, 0) is 36.7 Å². The summed E-state index contributed by atoms with van der Waals surface area (Å²) in [6.45, 7) is 7.68. The summed E-state index contributed by atoms with van der Waals surface area (Å²) in [6, 6.07) is 3.92. The van der Waals surface area contributed by atoms with Crippen LogP contribution in [0.25, 0.3) is 0 Å². The van der Waals surface area contributed by atoms with Crippen LogP contribution in [0, 0.1) is 16.7 Å². The zero-order chi connectivity index (χ0) is 13.7. The fourth-order valence-electron chi connectivity index (χ4n) is 4.11. The average molecular weight is 260 g/mol. The van der Waals surface area contributed by atoms with Gasteiger partial charge in [-0.2, -0.15) is 0 Å². The summed E-state index contributed by atoms with van der Waals surface area (Å²) in [5.74, 6) is 1.73. The van der Waals surface area contributed by atoms with Crippen LogP contribution in [0.4, 0.5) is 0 Å². The summed E-state index contributed by atoms with van der Waals surface area (Å²) in [4.78, 5) is 4.22. The van der Waals surface area contributed by atoms with Crippen molar-refractivity contribution in [2.24, 2.45) is 22.5 Å². The van der Waals surface area contributed by atoms with E-state index in [2.05, 4.69) is 25.8 Å². The highest BCUT2D eigenvalue weighted by molar-refractivity contribution is 5.24. The Hall–Kier alpha value is -1.09. The second kappa shape index (κ2) is 4.20. The minimum Gasteiger partial charge on any atom is -0.490 e. The van der Waals surface area contributed by atoms with Gasteiger partial charge in [0.25, 0.3) is 0 Å². The third-order valence-electron chi connectivity index (χ3n) is 5.99. The molecule has 0 radical (unpaired) electrons. The molecular weight excluding hydrogens is 236 g/mol. The Labute approximate surface area is 115 Å². The van der Waals surface area contributed by atoms with Crippen LogP contribution < -0.4 is 10.5 Å².